The lowest BCUT2D eigenvalue weighted by Crippen LogP contribution is -2.31. The highest BCUT2D eigenvalue weighted by atomic mass is 35.5. The van der Waals surface area contributed by atoms with E-state index in [4.69, 9.17) is 41.2 Å². The Morgan fingerprint density at radius 2 is 1.93 bits per heavy atom. The van der Waals surface area contributed by atoms with Gasteiger partial charge < -0.3 is 5.73 Å². The van der Waals surface area contributed by atoms with Gasteiger partial charge in [-0.2, -0.15) is 23.5 Å². The van der Waals surface area contributed by atoms with E-state index in [9.17, 15) is 18.4 Å². The first-order chi connectivity index (χ1) is 13.9. The molecule has 2 N–H and O–H groups in total. The molecule has 1 atom stereocenters. The molecule has 0 bridgehead atoms. The van der Waals surface area contributed by atoms with Crippen molar-refractivity contribution in [1.29, 1.82) is 5.26 Å². The van der Waals surface area contributed by atoms with Crippen LogP contribution in [0.3, 0.4) is 0 Å². The third kappa shape index (κ3) is 3.97. The number of fused-ring (bicyclic) bond motifs is 1. The van der Waals surface area contributed by atoms with E-state index in [0.29, 0.717) is 26.6 Å². The van der Waals surface area contributed by atoms with Crippen molar-refractivity contribution in [3.8, 4) is 6.07 Å². The van der Waals surface area contributed by atoms with Crippen molar-refractivity contribution in [2.75, 3.05) is 0 Å². The minimum absolute atomic E-state index is 0.0467. The largest absolute Gasteiger partial charge is 0.416 e. The fourth-order valence-corrected chi connectivity index (χ4v) is 4.01. The van der Waals surface area contributed by atoms with Crippen molar-refractivity contribution < 1.29 is 13.2 Å². The van der Waals surface area contributed by atoms with Crippen LogP contribution < -0.4 is 5.73 Å². The standard InChI is InChI=1S/C20H15Cl2F3N4S/c1-10-14-6-12(21)7-16(22)17(14)28-29(10)9-19(2,8-26)15-5-11(20(23,24)25)3-4-13(15)18(27)30/h3-7H,9H2,1-2H3,(H2,27,30). The van der Waals surface area contributed by atoms with Gasteiger partial charge in [0.2, 0.25) is 0 Å². The van der Waals surface area contributed by atoms with Crippen LogP contribution >= 0.6 is 35.4 Å². The van der Waals surface area contributed by atoms with Gasteiger partial charge in [0, 0.05) is 21.7 Å². The maximum atomic E-state index is 13.3. The molecule has 0 aliphatic rings. The van der Waals surface area contributed by atoms with Crippen LogP contribution in [-0.2, 0) is 18.1 Å². The van der Waals surface area contributed by atoms with E-state index in [0.717, 1.165) is 12.1 Å². The van der Waals surface area contributed by atoms with Gasteiger partial charge in [-0.05, 0) is 43.7 Å². The number of hydrogen-bond donors (Lipinski definition) is 1. The van der Waals surface area contributed by atoms with Crippen LogP contribution in [0, 0.1) is 18.3 Å². The Hall–Kier alpha value is -2.34. The molecule has 0 saturated heterocycles. The summed E-state index contributed by atoms with van der Waals surface area (Å²) in [5, 5.41) is 15.9. The number of hydrogen-bond acceptors (Lipinski definition) is 3. The van der Waals surface area contributed by atoms with E-state index >= 15 is 0 Å². The van der Waals surface area contributed by atoms with E-state index in [2.05, 4.69) is 11.2 Å². The molecule has 0 amide bonds. The Morgan fingerprint density at radius 3 is 2.50 bits per heavy atom. The predicted octanol–water partition coefficient (Wildman–Crippen LogP) is 5.79. The molecule has 3 aromatic rings. The number of aromatic nitrogens is 2. The Kier molecular flexibility index (Phi) is 5.76. The topological polar surface area (TPSA) is 67.6 Å². The van der Waals surface area contributed by atoms with Gasteiger partial charge in [-0.1, -0.05) is 41.5 Å². The fourth-order valence-electron chi connectivity index (χ4n) is 3.30. The van der Waals surface area contributed by atoms with Crippen LogP contribution in [0.1, 0.15) is 29.3 Å². The Balaban J connectivity index is 2.19. The van der Waals surface area contributed by atoms with Gasteiger partial charge in [0.15, 0.2) is 0 Å². The molecule has 1 heterocycles. The lowest BCUT2D eigenvalue weighted by molar-refractivity contribution is -0.137. The van der Waals surface area contributed by atoms with E-state index in [1.807, 2.05) is 0 Å². The van der Waals surface area contributed by atoms with Crippen molar-refractivity contribution in [2.24, 2.45) is 5.73 Å². The minimum atomic E-state index is -4.58. The average Bonchev–Trinajstić information content (AvgIpc) is 2.96. The molecule has 2 aromatic carbocycles. The molecule has 10 heteroatoms. The molecule has 1 aromatic heterocycles. The highest BCUT2D eigenvalue weighted by Gasteiger charge is 2.36. The maximum absolute atomic E-state index is 13.3. The summed E-state index contributed by atoms with van der Waals surface area (Å²) < 4.78 is 41.5. The highest BCUT2D eigenvalue weighted by molar-refractivity contribution is 7.80. The summed E-state index contributed by atoms with van der Waals surface area (Å²) in [5.74, 6) is 0. The number of benzene rings is 2. The number of nitriles is 1. The molecule has 0 aliphatic heterocycles. The number of alkyl halides is 3. The van der Waals surface area contributed by atoms with Crippen molar-refractivity contribution in [3.63, 3.8) is 0 Å². The van der Waals surface area contributed by atoms with Crippen molar-refractivity contribution in [2.45, 2.75) is 32.0 Å². The van der Waals surface area contributed by atoms with Gasteiger partial charge in [-0.15, -0.1) is 0 Å². The van der Waals surface area contributed by atoms with E-state index in [-0.39, 0.29) is 22.7 Å². The van der Waals surface area contributed by atoms with Gasteiger partial charge >= 0.3 is 6.18 Å². The van der Waals surface area contributed by atoms with Crippen LogP contribution in [-0.4, -0.2) is 14.8 Å². The first-order valence-corrected chi connectivity index (χ1v) is 9.79. The third-order valence-electron chi connectivity index (χ3n) is 4.95. The minimum Gasteiger partial charge on any atom is -0.389 e. The van der Waals surface area contributed by atoms with E-state index < -0.39 is 17.2 Å². The Bertz CT molecular complexity index is 1210. The van der Waals surface area contributed by atoms with Crippen LogP contribution in [0.4, 0.5) is 13.2 Å². The quantitative estimate of drug-likeness (QED) is 0.490. The molecule has 0 radical (unpaired) electrons. The summed E-state index contributed by atoms with van der Waals surface area (Å²) in [6, 6.07) is 8.35. The summed E-state index contributed by atoms with van der Waals surface area (Å²) in [6.45, 7) is 3.24. The number of halogens is 5. The number of nitrogens with two attached hydrogens (primary N) is 1. The van der Waals surface area contributed by atoms with Crippen LogP contribution in [0.2, 0.25) is 10.0 Å². The summed E-state index contributed by atoms with van der Waals surface area (Å²) >= 11 is 17.3. The van der Waals surface area contributed by atoms with Gasteiger partial charge in [0.05, 0.1) is 28.6 Å². The molecular weight excluding hydrogens is 456 g/mol. The zero-order chi connectivity index (χ0) is 22.4. The highest BCUT2D eigenvalue weighted by Crippen LogP contribution is 2.37. The smallest absolute Gasteiger partial charge is 0.389 e. The van der Waals surface area contributed by atoms with Crippen LogP contribution in [0.15, 0.2) is 30.3 Å². The summed E-state index contributed by atoms with van der Waals surface area (Å²) in [6.07, 6.45) is -4.58. The van der Waals surface area contributed by atoms with Crippen molar-refractivity contribution in [3.05, 3.63) is 62.8 Å². The molecule has 0 aliphatic carbocycles. The lowest BCUT2D eigenvalue weighted by atomic mass is 9.80. The molecule has 30 heavy (non-hydrogen) atoms. The van der Waals surface area contributed by atoms with Gasteiger partial charge in [-0.3, -0.25) is 4.68 Å². The van der Waals surface area contributed by atoms with Gasteiger partial charge in [0.1, 0.15) is 10.5 Å². The first kappa shape index (κ1) is 22.3. The number of nitrogens with zero attached hydrogens (tertiary/aromatic N) is 3. The van der Waals surface area contributed by atoms with Gasteiger partial charge in [-0.25, -0.2) is 0 Å². The molecule has 3 rings (SSSR count). The van der Waals surface area contributed by atoms with Crippen LogP contribution in [0.25, 0.3) is 10.9 Å². The lowest BCUT2D eigenvalue weighted by Gasteiger charge is -2.26. The zero-order valence-corrected chi connectivity index (χ0v) is 18.1. The molecule has 1 unspecified atom stereocenters. The molecular formula is C20H15Cl2F3N4S. The fraction of sp³-hybridized carbons (Fsp3) is 0.250. The monoisotopic (exact) mass is 470 g/mol. The summed E-state index contributed by atoms with van der Waals surface area (Å²) in [7, 11) is 0. The predicted molar refractivity (Wildman–Crippen MR) is 115 cm³/mol. The molecule has 0 saturated carbocycles. The van der Waals surface area contributed by atoms with Crippen molar-refractivity contribution >= 4 is 51.3 Å². The second-order valence-corrected chi connectivity index (χ2v) is 8.38. The average molecular weight is 471 g/mol. The molecule has 0 fully saturated rings. The van der Waals surface area contributed by atoms with Gasteiger partial charge in [0.25, 0.3) is 0 Å². The number of aryl methyl sites for hydroxylation is 1. The molecule has 156 valence electrons. The second kappa shape index (κ2) is 7.73. The first-order valence-electron chi connectivity index (χ1n) is 8.62. The maximum Gasteiger partial charge on any atom is 0.416 e. The normalized spacial score (nSPS) is 13.8. The van der Waals surface area contributed by atoms with E-state index in [1.165, 1.54) is 17.7 Å². The molecule has 0 spiro atoms. The zero-order valence-electron chi connectivity index (χ0n) is 15.8. The molecule has 4 nitrogen and oxygen atoms in total. The second-order valence-electron chi connectivity index (χ2n) is 7.09. The Morgan fingerprint density at radius 1 is 1.27 bits per heavy atom. The van der Waals surface area contributed by atoms with Crippen LogP contribution in [0.5, 0.6) is 0 Å². The summed E-state index contributed by atoms with van der Waals surface area (Å²) in [4.78, 5) is -0.0997. The van der Waals surface area contributed by atoms with E-state index in [1.54, 1.807) is 19.1 Å². The third-order valence-corrected chi connectivity index (χ3v) is 5.67. The SMILES string of the molecule is Cc1c2cc(Cl)cc(Cl)c2nn1CC(C)(C#N)c1cc(C(F)(F)F)ccc1C(N)=S. The number of rotatable bonds is 4. The number of thiocarbonyl (C=S) groups is 1. The van der Waals surface area contributed by atoms with Crippen molar-refractivity contribution in [1.82, 2.24) is 9.78 Å². The summed E-state index contributed by atoms with van der Waals surface area (Å²) in [5.41, 5.74) is 4.86. The Labute approximate surface area is 186 Å².